The van der Waals surface area contributed by atoms with E-state index < -0.39 is 17.7 Å². The van der Waals surface area contributed by atoms with Crippen LogP contribution in [0, 0.1) is 12.7 Å². The Labute approximate surface area is 160 Å². The highest BCUT2D eigenvalue weighted by Crippen LogP contribution is 2.32. The van der Waals surface area contributed by atoms with Crippen LogP contribution in [-0.4, -0.2) is 17.0 Å². The third kappa shape index (κ3) is 3.99. The minimum Gasteiger partial charge on any atom is -0.478 e. The van der Waals surface area contributed by atoms with E-state index in [4.69, 9.17) is 11.6 Å². The molecule has 3 aromatic rings. The normalized spacial score (nSPS) is 10.5. The average Bonchev–Trinajstić information content (AvgIpc) is 2.64. The third-order valence-corrected chi connectivity index (χ3v) is 4.33. The lowest BCUT2D eigenvalue weighted by Crippen LogP contribution is -2.17. The summed E-state index contributed by atoms with van der Waals surface area (Å²) in [7, 11) is 0. The van der Waals surface area contributed by atoms with Crippen molar-refractivity contribution < 1.29 is 19.1 Å². The van der Waals surface area contributed by atoms with Gasteiger partial charge in [-0.15, -0.1) is 0 Å². The molecule has 6 heteroatoms. The predicted molar refractivity (Wildman–Crippen MR) is 103 cm³/mol. The van der Waals surface area contributed by atoms with Gasteiger partial charge in [0.2, 0.25) is 0 Å². The van der Waals surface area contributed by atoms with Crippen molar-refractivity contribution in [2.45, 2.75) is 6.92 Å². The molecule has 0 atom stereocenters. The Balaban J connectivity index is 1.95. The molecule has 0 fully saturated rings. The van der Waals surface area contributed by atoms with Crippen LogP contribution in [0.2, 0.25) is 5.02 Å². The van der Waals surface area contributed by atoms with Crippen LogP contribution < -0.4 is 5.32 Å². The Morgan fingerprint density at radius 2 is 1.67 bits per heavy atom. The molecule has 3 aromatic carbocycles. The van der Waals surface area contributed by atoms with Gasteiger partial charge in [-0.2, -0.15) is 0 Å². The van der Waals surface area contributed by atoms with Gasteiger partial charge in [0.05, 0.1) is 21.8 Å². The van der Waals surface area contributed by atoms with Crippen molar-refractivity contribution in [1.29, 1.82) is 0 Å². The van der Waals surface area contributed by atoms with Crippen molar-refractivity contribution in [1.82, 2.24) is 0 Å². The first-order chi connectivity index (χ1) is 12.9. The summed E-state index contributed by atoms with van der Waals surface area (Å²) in [5.74, 6) is -2.71. The van der Waals surface area contributed by atoms with Gasteiger partial charge >= 0.3 is 5.97 Å². The Kier molecular flexibility index (Phi) is 5.23. The Bertz CT molecular complexity index is 1030. The first kappa shape index (κ1) is 18.6. The minimum atomic E-state index is -1.25. The van der Waals surface area contributed by atoms with E-state index in [-0.39, 0.29) is 21.8 Å². The summed E-state index contributed by atoms with van der Waals surface area (Å²) in [6, 6.07) is 16.0. The highest BCUT2D eigenvalue weighted by molar-refractivity contribution is 6.34. The van der Waals surface area contributed by atoms with E-state index in [9.17, 15) is 19.1 Å². The molecule has 0 heterocycles. The molecular formula is C21H15ClFNO3. The fourth-order valence-electron chi connectivity index (χ4n) is 2.73. The van der Waals surface area contributed by atoms with Crippen LogP contribution in [0.5, 0.6) is 0 Å². The molecule has 2 N–H and O–H groups in total. The molecule has 3 rings (SSSR count). The molecule has 0 aliphatic rings. The number of amides is 1. The molecule has 0 aliphatic heterocycles. The van der Waals surface area contributed by atoms with Crippen LogP contribution in [-0.2, 0) is 0 Å². The lowest BCUT2D eigenvalue weighted by molar-refractivity contribution is 0.0692. The maximum Gasteiger partial charge on any atom is 0.336 e. The van der Waals surface area contributed by atoms with E-state index in [1.54, 1.807) is 6.07 Å². The van der Waals surface area contributed by atoms with E-state index in [0.717, 1.165) is 11.1 Å². The largest absolute Gasteiger partial charge is 0.478 e. The second-order valence-corrected chi connectivity index (χ2v) is 6.40. The molecule has 27 heavy (non-hydrogen) atoms. The van der Waals surface area contributed by atoms with Crippen LogP contribution in [0.15, 0.2) is 60.7 Å². The maximum atomic E-state index is 14.6. The maximum absolute atomic E-state index is 14.6. The zero-order valence-corrected chi connectivity index (χ0v) is 15.0. The monoisotopic (exact) mass is 383 g/mol. The quantitative estimate of drug-likeness (QED) is 0.633. The number of carboxylic acid groups (broad SMARTS) is 1. The number of benzene rings is 3. The standard InChI is InChI=1S/C21H15ClFNO3/c1-12-5-4-6-13(9-12)14-10-17(22)19(18(23)11-14)24-20(25)15-7-2-3-8-16(15)21(26)27/h2-11H,1H3,(H,24,25)(H,26,27). The van der Waals surface area contributed by atoms with E-state index in [1.165, 1.54) is 30.3 Å². The van der Waals surface area contributed by atoms with Gasteiger partial charge in [-0.3, -0.25) is 4.79 Å². The summed E-state index contributed by atoms with van der Waals surface area (Å²) in [4.78, 5) is 23.7. The molecule has 0 aliphatic carbocycles. The van der Waals surface area contributed by atoms with E-state index >= 15 is 0 Å². The summed E-state index contributed by atoms with van der Waals surface area (Å²) in [6.07, 6.45) is 0. The molecule has 0 aromatic heterocycles. The molecule has 4 nitrogen and oxygen atoms in total. The highest BCUT2D eigenvalue weighted by atomic mass is 35.5. The summed E-state index contributed by atoms with van der Waals surface area (Å²) in [6.45, 7) is 1.93. The Hall–Kier alpha value is -3.18. The number of hydrogen-bond donors (Lipinski definition) is 2. The molecule has 1 amide bonds. The van der Waals surface area contributed by atoms with E-state index in [2.05, 4.69) is 5.32 Å². The van der Waals surface area contributed by atoms with Gasteiger partial charge in [-0.05, 0) is 42.3 Å². The lowest BCUT2D eigenvalue weighted by Gasteiger charge is -2.12. The first-order valence-electron chi connectivity index (χ1n) is 8.06. The van der Waals surface area contributed by atoms with Crippen molar-refractivity contribution >= 4 is 29.2 Å². The summed E-state index contributed by atoms with van der Waals surface area (Å²) < 4.78 is 14.6. The molecule has 0 saturated heterocycles. The number of aromatic carboxylic acids is 1. The summed E-state index contributed by atoms with van der Waals surface area (Å²) in [5, 5.41) is 11.6. The van der Waals surface area contributed by atoms with Gasteiger partial charge in [-0.1, -0.05) is 53.6 Å². The third-order valence-electron chi connectivity index (χ3n) is 4.03. The molecule has 136 valence electrons. The first-order valence-corrected chi connectivity index (χ1v) is 8.44. The number of carbonyl (C=O) groups is 2. The van der Waals surface area contributed by atoms with Crippen LogP contribution >= 0.6 is 11.6 Å². The number of halogens is 2. The Morgan fingerprint density at radius 3 is 2.30 bits per heavy atom. The van der Waals surface area contributed by atoms with E-state index in [0.29, 0.717) is 5.56 Å². The minimum absolute atomic E-state index is 0.0210. The van der Waals surface area contributed by atoms with Crippen molar-refractivity contribution in [3.8, 4) is 11.1 Å². The van der Waals surface area contributed by atoms with Gasteiger partial charge in [0.25, 0.3) is 5.91 Å². The molecular weight excluding hydrogens is 369 g/mol. The van der Waals surface area contributed by atoms with E-state index in [1.807, 2.05) is 31.2 Å². The number of nitrogens with one attached hydrogen (secondary N) is 1. The van der Waals surface area contributed by atoms with Gasteiger partial charge in [-0.25, -0.2) is 9.18 Å². The summed E-state index contributed by atoms with van der Waals surface area (Å²) in [5.41, 5.74) is 1.94. The molecule has 0 radical (unpaired) electrons. The second kappa shape index (κ2) is 7.60. The molecule has 0 bridgehead atoms. The van der Waals surface area contributed by atoms with Gasteiger partial charge in [0.1, 0.15) is 5.82 Å². The van der Waals surface area contributed by atoms with Crippen molar-refractivity contribution in [3.05, 3.63) is 88.2 Å². The second-order valence-electron chi connectivity index (χ2n) is 5.99. The van der Waals surface area contributed by atoms with Crippen LogP contribution in [0.3, 0.4) is 0 Å². The fourth-order valence-corrected chi connectivity index (χ4v) is 2.99. The topological polar surface area (TPSA) is 66.4 Å². The van der Waals surface area contributed by atoms with Gasteiger partial charge in [0, 0.05) is 0 Å². The highest BCUT2D eigenvalue weighted by Gasteiger charge is 2.19. The SMILES string of the molecule is Cc1cccc(-c2cc(F)c(NC(=O)c3ccccc3C(=O)O)c(Cl)c2)c1. The number of carbonyl (C=O) groups excluding carboxylic acids is 1. The summed E-state index contributed by atoms with van der Waals surface area (Å²) >= 11 is 6.19. The zero-order chi connectivity index (χ0) is 19.6. The number of aryl methyl sites for hydroxylation is 1. The number of hydrogen-bond acceptors (Lipinski definition) is 2. The lowest BCUT2D eigenvalue weighted by atomic mass is 10.0. The van der Waals surface area contributed by atoms with Crippen molar-refractivity contribution in [2.75, 3.05) is 5.32 Å². The number of carboxylic acids is 1. The smallest absolute Gasteiger partial charge is 0.336 e. The molecule has 0 unspecified atom stereocenters. The Morgan fingerprint density at radius 1 is 0.963 bits per heavy atom. The molecule has 0 spiro atoms. The van der Waals surface area contributed by atoms with Crippen LogP contribution in [0.1, 0.15) is 26.3 Å². The number of anilines is 1. The number of rotatable bonds is 4. The van der Waals surface area contributed by atoms with Crippen molar-refractivity contribution in [3.63, 3.8) is 0 Å². The van der Waals surface area contributed by atoms with Crippen LogP contribution in [0.25, 0.3) is 11.1 Å². The van der Waals surface area contributed by atoms with Gasteiger partial charge in [0.15, 0.2) is 0 Å². The van der Waals surface area contributed by atoms with Crippen LogP contribution in [0.4, 0.5) is 10.1 Å². The molecule has 0 saturated carbocycles. The van der Waals surface area contributed by atoms with Gasteiger partial charge < -0.3 is 10.4 Å². The van der Waals surface area contributed by atoms with Crippen molar-refractivity contribution in [2.24, 2.45) is 0 Å². The fraction of sp³-hybridized carbons (Fsp3) is 0.0476. The zero-order valence-electron chi connectivity index (χ0n) is 14.3. The average molecular weight is 384 g/mol. The predicted octanol–water partition coefficient (Wildman–Crippen LogP) is 5.41.